The quantitative estimate of drug-likeness (QED) is 0.730. The van der Waals surface area contributed by atoms with Gasteiger partial charge in [-0.05, 0) is 26.7 Å². The van der Waals surface area contributed by atoms with Gasteiger partial charge in [-0.15, -0.1) is 0 Å². The number of aromatic nitrogens is 2. The van der Waals surface area contributed by atoms with Gasteiger partial charge < -0.3 is 0 Å². The highest BCUT2D eigenvalue weighted by Gasteiger charge is 2.29. The first-order chi connectivity index (χ1) is 6.70. The van der Waals surface area contributed by atoms with E-state index in [-0.39, 0.29) is 5.78 Å². The van der Waals surface area contributed by atoms with E-state index in [9.17, 15) is 4.79 Å². The second-order valence-corrected chi connectivity index (χ2v) is 4.05. The summed E-state index contributed by atoms with van der Waals surface area (Å²) in [7, 11) is 0. The van der Waals surface area contributed by atoms with Crippen LogP contribution in [-0.4, -0.2) is 15.6 Å². The van der Waals surface area contributed by atoms with Gasteiger partial charge in [-0.3, -0.25) is 9.48 Å². The minimum Gasteiger partial charge on any atom is -0.300 e. The summed E-state index contributed by atoms with van der Waals surface area (Å²) in [5.41, 5.74) is 2.31. The van der Waals surface area contributed by atoms with Gasteiger partial charge in [-0.2, -0.15) is 5.10 Å². The van der Waals surface area contributed by atoms with Gasteiger partial charge in [-0.25, -0.2) is 0 Å². The minimum atomic E-state index is 0.225. The zero-order valence-electron chi connectivity index (χ0n) is 8.79. The summed E-state index contributed by atoms with van der Waals surface area (Å²) in [4.78, 5) is 11.1. The SMILES string of the molecule is CCn1cc(CC(C)=O)c(C2CC2)n1. The van der Waals surface area contributed by atoms with Crippen molar-refractivity contribution < 1.29 is 4.79 Å². The number of hydrogen-bond acceptors (Lipinski definition) is 2. The van der Waals surface area contributed by atoms with Crippen molar-refractivity contribution >= 4 is 5.78 Å². The number of rotatable bonds is 4. The molecule has 0 radical (unpaired) electrons. The van der Waals surface area contributed by atoms with Crippen LogP contribution in [0.5, 0.6) is 0 Å². The van der Waals surface area contributed by atoms with Crippen LogP contribution in [0.15, 0.2) is 6.20 Å². The maximum absolute atomic E-state index is 11.1. The van der Waals surface area contributed by atoms with E-state index >= 15 is 0 Å². The van der Waals surface area contributed by atoms with Crippen molar-refractivity contribution in [1.82, 2.24) is 9.78 Å². The molecule has 1 aliphatic rings. The van der Waals surface area contributed by atoms with Crippen LogP contribution < -0.4 is 0 Å². The Balaban J connectivity index is 2.25. The van der Waals surface area contributed by atoms with Crippen molar-refractivity contribution in [2.24, 2.45) is 0 Å². The van der Waals surface area contributed by atoms with E-state index in [0.717, 1.165) is 12.1 Å². The second-order valence-electron chi connectivity index (χ2n) is 4.05. The van der Waals surface area contributed by atoms with E-state index in [0.29, 0.717) is 12.3 Å². The highest BCUT2D eigenvalue weighted by atomic mass is 16.1. The molecule has 0 atom stereocenters. The molecule has 1 aromatic rings. The minimum absolute atomic E-state index is 0.225. The lowest BCUT2D eigenvalue weighted by atomic mass is 10.1. The first kappa shape index (κ1) is 9.44. The van der Waals surface area contributed by atoms with Crippen LogP contribution in [0, 0.1) is 0 Å². The van der Waals surface area contributed by atoms with Gasteiger partial charge in [0.1, 0.15) is 5.78 Å². The maximum atomic E-state index is 11.1. The van der Waals surface area contributed by atoms with Crippen LogP contribution >= 0.6 is 0 Å². The summed E-state index contributed by atoms with van der Waals surface area (Å²) >= 11 is 0. The topological polar surface area (TPSA) is 34.9 Å². The molecule has 0 spiro atoms. The first-order valence-electron chi connectivity index (χ1n) is 5.26. The van der Waals surface area contributed by atoms with Gasteiger partial charge in [0.2, 0.25) is 0 Å². The standard InChI is InChI=1S/C11H16N2O/c1-3-13-7-10(6-8(2)14)11(12-13)9-4-5-9/h7,9H,3-6H2,1-2H3. The van der Waals surface area contributed by atoms with E-state index < -0.39 is 0 Å². The molecule has 2 rings (SSSR count). The fourth-order valence-electron chi connectivity index (χ4n) is 1.74. The molecular weight excluding hydrogens is 176 g/mol. The molecule has 0 unspecified atom stereocenters. The summed E-state index contributed by atoms with van der Waals surface area (Å²) in [6, 6.07) is 0. The van der Waals surface area contributed by atoms with Crippen molar-refractivity contribution in [3.8, 4) is 0 Å². The van der Waals surface area contributed by atoms with Crippen LogP contribution in [0.25, 0.3) is 0 Å². The van der Waals surface area contributed by atoms with Crippen molar-refractivity contribution in [1.29, 1.82) is 0 Å². The molecule has 3 nitrogen and oxygen atoms in total. The molecule has 0 aromatic carbocycles. The van der Waals surface area contributed by atoms with Crippen LogP contribution in [0.4, 0.5) is 0 Å². The third-order valence-corrected chi connectivity index (χ3v) is 2.60. The fraction of sp³-hybridized carbons (Fsp3) is 0.636. The molecule has 1 heterocycles. The molecule has 0 N–H and O–H groups in total. The Kier molecular flexibility index (Phi) is 2.40. The molecule has 76 valence electrons. The second kappa shape index (κ2) is 3.56. The number of ketones is 1. The Hall–Kier alpha value is -1.12. The zero-order chi connectivity index (χ0) is 10.1. The highest BCUT2D eigenvalue weighted by molar-refractivity contribution is 5.78. The third-order valence-electron chi connectivity index (χ3n) is 2.60. The molecule has 1 aliphatic carbocycles. The molecule has 0 saturated heterocycles. The van der Waals surface area contributed by atoms with Gasteiger partial charge in [0.25, 0.3) is 0 Å². The fourth-order valence-corrected chi connectivity index (χ4v) is 1.74. The molecule has 1 aromatic heterocycles. The summed E-state index contributed by atoms with van der Waals surface area (Å²) < 4.78 is 1.94. The van der Waals surface area contributed by atoms with Gasteiger partial charge in [0, 0.05) is 30.6 Å². The van der Waals surface area contributed by atoms with Crippen molar-refractivity contribution in [3.63, 3.8) is 0 Å². The monoisotopic (exact) mass is 192 g/mol. The molecule has 14 heavy (non-hydrogen) atoms. The smallest absolute Gasteiger partial charge is 0.134 e. The molecule has 0 amide bonds. The third kappa shape index (κ3) is 1.86. The lowest BCUT2D eigenvalue weighted by Gasteiger charge is -1.95. The Labute approximate surface area is 84.1 Å². The van der Waals surface area contributed by atoms with E-state index in [2.05, 4.69) is 12.0 Å². The Bertz CT molecular complexity index is 350. The predicted molar refractivity (Wildman–Crippen MR) is 54.3 cm³/mol. The lowest BCUT2D eigenvalue weighted by Crippen LogP contribution is -1.97. The first-order valence-corrected chi connectivity index (χ1v) is 5.26. The van der Waals surface area contributed by atoms with Gasteiger partial charge in [0.05, 0.1) is 5.69 Å². The van der Waals surface area contributed by atoms with Gasteiger partial charge >= 0.3 is 0 Å². The number of aryl methyl sites for hydroxylation is 1. The molecule has 1 fully saturated rings. The number of hydrogen-bond donors (Lipinski definition) is 0. The average molecular weight is 192 g/mol. The van der Waals surface area contributed by atoms with E-state index in [4.69, 9.17) is 0 Å². The van der Waals surface area contributed by atoms with Crippen molar-refractivity contribution in [3.05, 3.63) is 17.5 Å². The van der Waals surface area contributed by atoms with E-state index in [1.165, 1.54) is 18.5 Å². The summed E-state index contributed by atoms with van der Waals surface area (Å²) in [6.45, 7) is 4.60. The largest absolute Gasteiger partial charge is 0.300 e. The molecule has 0 aliphatic heterocycles. The normalized spacial score (nSPS) is 15.9. The lowest BCUT2D eigenvalue weighted by molar-refractivity contribution is -0.116. The zero-order valence-corrected chi connectivity index (χ0v) is 8.79. The molecule has 1 saturated carbocycles. The Morgan fingerprint density at radius 1 is 1.64 bits per heavy atom. The van der Waals surface area contributed by atoms with E-state index in [1.54, 1.807) is 6.92 Å². The number of Topliss-reactive ketones (excluding diaryl/α,β-unsaturated/α-hetero) is 1. The van der Waals surface area contributed by atoms with Crippen LogP contribution in [0.2, 0.25) is 0 Å². The van der Waals surface area contributed by atoms with Crippen LogP contribution in [0.1, 0.15) is 43.9 Å². The maximum Gasteiger partial charge on any atom is 0.134 e. The number of carbonyl (C=O) groups is 1. The Morgan fingerprint density at radius 2 is 2.36 bits per heavy atom. The van der Waals surface area contributed by atoms with Gasteiger partial charge in [-0.1, -0.05) is 0 Å². The van der Waals surface area contributed by atoms with Crippen LogP contribution in [0.3, 0.4) is 0 Å². The summed E-state index contributed by atoms with van der Waals surface area (Å²) in [5, 5.41) is 4.51. The summed E-state index contributed by atoms with van der Waals surface area (Å²) in [6.07, 6.45) is 5.05. The van der Waals surface area contributed by atoms with Crippen LogP contribution in [-0.2, 0) is 17.8 Å². The summed E-state index contributed by atoms with van der Waals surface area (Å²) in [5.74, 6) is 0.861. The van der Waals surface area contributed by atoms with Gasteiger partial charge in [0.15, 0.2) is 0 Å². The molecular formula is C11H16N2O. The Morgan fingerprint density at radius 3 is 2.86 bits per heavy atom. The highest BCUT2D eigenvalue weighted by Crippen LogP contribution is 2.40. The van der Waals surface area contributed by atoms with Crippen molar-refractivity contribution in [2.75, 3.05) is 0 Å². The average Bonchev–Trinajstić information content (AvgIpc) is 2.88. The molecule has 3 heteroatoms. The van der Waals surface area contributed by atoms with E-state index in [1.807, 2.05) is 10.9 Å². The number of carbonyl (C=O) groups excluding carboxylic acids is 1. The predicted octanol–water partition coefficient (Wildman–Crippen LogP) is 1.91. The van der Waals surface area contributed by atoms with Crippen molar-refractivity contribution in [2.45, 2.75) is 45.6 Å². The number of nitrogens with zero attached hydrogens (tertiary/aromatic N) is 2. The molecule has 0 bridgehead atoms.